The molecule has 126 valence electrons. The predicted molar refractivity (Wildman–Crippen MR) is 77.8 cm³/mol. The van der Waals surface area contributed by atoms with Gasteiger partial charge in [-0.25, -0.2) is 9.97 Å². The summed E-state index contributed by atoms with van der Waals surface area (Å²) in [5, 5.41) is 0. The summed E-state index contributed by atoms with van der Waals surface area (Å²) >= 11 is -1.29. The van der Waals surface area contributed by atoms with Crippen molar-refractivity contribution >= 4 is 11.4 Å². The zero-order chi connectivity index (χ0) is 17.1. The minimum atomic E-state index is -4.43. The largest absolute Gasteiger partial charge is 0.598 e. The normalized spacial score (nSPS) is 15.5. The lowest BCUT2D eigenvalue weighted by Crippen LogP contribution is -2.40. The Morgan fingerprint density at radius 1 is 1.36 bits per heavy atom. The van der Waals surface area contributed by atoms with Crippen LogP contribution in [0.25, 0.3) is 0 Å². The van der Waals surface area contributed by atoms with Crippen molar-refractivity contribution in [3.63, 3.8) is 0 Å². The Labute approximate surface area is 131 Å². The van der Waals surface area contributed by atoms with E-state index in [1.807, 2.05) is 20.8 Å². The first-order chi connectivity index (χ1) is 9.90. The Balaban J connectivity index is 2.76. The number of rotatable bonds is 5. The molecule has 1 heterocycles. The van der Waals surface area contributed by atoms with Gasteiger partial charge in [0.25, 0.3) is 0 Å². The monoisotopic (exact) mass is 339 g/mol. The fraction of sp³-hybridized carbons (Fsp3) is 0.692. The van der Waals surface area contributed by atoms with E-state index in [1.165, 1.54) is 13.1 Å². The molecule has 0 aliphatic carbocycles. The molecule has 0 aromatic carbocycles. The van der Waals surface area contributed by atoms with Crippen LogP contribution in [0, 0.1) is 6.92 Å². The zero-order valence-corrected chi connectivity index (χ0v) is 13.9. The Hall–Kier alpha value is -1.06. The third-order valence-corrected chi connectivity index (χ3v) is 4.26. The molecule has 5 nitrogen and oxygen atoms in total. The van der Waals surface area contributed by atoms with E-state index >= 15 is 0 Å². The molecule has 22 heavy (non-hydrogen) atoms. The minimum Gasteiger partial charge on any atom is -0.598 e. The molecule has 0 spiro atoms. The van der Waals surface area contributed by atoms with Crippen molar-refractivity contribution in [2.75, 3.05) is 6.61 Å². The summed E-state index contributed by atoms with van der Waals surface area (Å²) in [6.45, 7) is 7.33. The Morgan fingerprint density at radius 2 is 1.95 bits per heavy atom. The number of halogens is 3. The topological polar surface area (TPSA) is 70.1 Å². The Morgan fingerprint density at radius 3 is 2.41 bits per heavy atom. The molecule has 9 heteroatoms. The number of aryl methyl sites for hydroxylation is 1. The van der Waals surface area contributed by atoms with E-state index in [0.717, 1.165) is 0 Å². The van der Waals surface area contributed by atoms with Gasteiger partial charge in [-0.2, -0.15) is 13.2 Å². The van der Waals surface area contributed by atoms with E-state index in [-0.39, 0.29) is 17.6 Å². The fourth-order valence-corrected chi connectivity index (χ4v) is 2.18. The molecule has 0 aliphatic rings. The van der Waals surface area contributed by atoms with Crippen molar-refractivity contribution in [1.29, 1.82) is 0 Å². The van der Waals surface area contributed by atoms with Crippen LogP contribution in [0.15, 0.2) is 6.20 Å². The smallest absolute Gasteiger partial charge is 0.422 e. The summed E-state index contributed by atoms with van der Waals surface area (Å²) in [6.07, 6.45) is -3.11. The highest BCUT2D eigenvalue weighted by molar-refractivity contribution is 7.90. The van der Waals surface area contributed by atoms with Crippen LogP contribution in [0.1, 0.15) is 45.1 Å². The molecular formula is C13H20F3N3O2S. The summed E-state index contributed by atoms with van der Waals surface area (Å²) in [4.78, 5) is 8.01. The van der Waals surface area contributed by atoms with E-state index in [9.17, 15) is 17.7 Å². The quantitative estimate of drug-likeness (QED) is 0.836. The molecule has 0 fully saturated rings. The van der Waals surface area contributed by atoms with E-state index in [4.69, 9.17) is 0 Å². The molecule has 2 atom stereocenters. The van der Waals surface area contributed by atoms with Gasteiger partial charge < -0.3 is 9.29 Å². The first-order valence-electron chi connectivity index (χ1n) is 6.61. The summed E-state index contributed by atoms with van der Waals surface area (Å²) in [6, 6.07) is -0.358. The molecule has 2 unspecified atom stereocenters. The lowest BCUT2D eigenvalue weighted by molar-refractivity contribution is -0.154. The average Bonchev–Trinajstić information content (AvgIpc) is 2.34. The number of nitrogens with zero attached hydrogens (tertiary/aromatic N) is 2. The lowest BCUT2D eigenvalue weighted by atomic mass is 10.2. The molecule has 0 saturated heterocycles. The van der Waals surface area contributed by atoms with Gasteiger partial charge in [-0.05, 0) is 34.6 Å². The first kappa shape index (κ1) is 19.0. The molecule has 0 radical (unpaired) electrons. The van der Waals surface area contributed by atoms with Crippen LogP contribution in [0.2, 0.25) is 0 Å². The van der Waals surface area contributed by atoms with Crippen molar-refractivity contribution in [3.05, 3.63) is 17.6 Å². The van der Waals surface area contributed by atoms with Crippen molar-refractivity contribution in [2.24, 2.45) is 0 Å². The molecule has 0 aliphatic heterocycles. The predicted octanol–water partition coefficient (Wildman–Crippen LogP) is 2.84. The standard InChI is InChI=1S/C13H20F3N3O2S/c1-8(19-22(20)12(3,4)5)10-6-17-11(9(2)18-10)21-7-13(14,15)16/h6,8,19H,7H2,1-5H3. The second-order valence-corrected chi connectivity index (χ2v) is 7.81. The van der Waals surface area contributed by atoms with Crippen molar-refractivity contribution in [1.82, 2.24) is 14.7 Å². The van der Waals surface area contributed by atoms with E-state index in [2.05, 4.69) is 19.4 Å². The van der Waals surface area contributed by atoms with E-state index in [1.54, 1.807) is 6.92 Å². The number of alkyl halides is 3. The number of aromatic nitrogens is 2. The SMILES string of the molecule is Cc1nc(C(C)N[S+]([O-])C(C)(C)C)cnc1OCC(F)(F)F. The fourth-order valence-electron chi connectivity index (χ4n) is 1.39. The highest BCUT2D eigenvalue weighted by atomic mass is 32.2. The van der Waals surface area contributed by atoms with Crippen LogP contribution in [-0.2, 0) is 11.4 Å². The summed E-state index contributed by atoms with van der Waals surface area (Å²) < 4.78 is 55.4. The number of hydrogen-bond acceptors (Lipinski definition) is 5. The highest BCUT2D eigenvalue weighted by Gasteiger charge is 2.30. The van der Waals surface area contributed by atoms with Crippen LogP contribution in [0.3, 0.4) is 0 Å². The van der Waals surface area contributed by atoms with Crippen LogP contribution >= 0.6 is 0 Å². The van der Waals surface area contributed by atoms with Gasteiger partial charge in [0.05, 0.1) is 23.6 Å². The minimum absolute atomic E-state index is 0.162. The first-order valence-corrected chi connectivity index (χ1v) is 7.76. The van der Waals surface area contributed by atoms with Gasteiger partial charge in [0.15, 0.2) is 6.61 Å². The number of nitrogens with one attached hydrogen (secondary N) is 1. The molecule has 1 aromatic heterocycles. The van der Waals surface area contributed by atoms with E-state index in [0.29, 0.717) is 5.69 Å². The van der Waals surface area contributed by atoms with Crippen molar-refractivity contribution in [3.8, 4) is 5.88 Å². The molecular weight excluding hydrogens is 319 g/mol. The lowest BCUT2D eigenvalue weighted by Gasteiger charge is -2.26. The summed E-state index contributed by atoms with van der Waals surface area (Å²) in [7, 11) is 0. The third kappa shape index (κ3) is 5.98. The van der Waals surface area contributed by atoms with Gasteiger partial charge in [-0.15, -0.1) is 4.72 Å². The molecule has 1 aromatic rings. The Bertz CT molecular complexity index is 506. The molecule has 1 rings (SSSR count). The van der Waals surface area contributed by atoms with Crippen LogP contribution in [-0.4, -0.2) is 32.1 Å². The van der Waals surface area contributed by atoms with Crippen LogP contribution in [0.5, 0.6) is 5.88 Å². The van der Waals surface area contributed by atoms with Gasteiger partial charge >= 0.3 is 6.18 Å². The average molecular weight is 339 g/mol. The summed E-state index contributed by atoms with van der Waals surface area (Å²) in [5.74, 6) is -0.162. The number of ether oxygens (including phenoxy) is 1. The van der Waals surface area contributed by atoms with Crippen LogP contribution < -0.4 is 9.46 Å². The summed E-state index contributed by atoms with van der Waals surface area (Å²) in [5.41, 5.74) is 0.728. The van der Waals surface area contributed by atoms with Gasteiger partial charge in [0.1, 0.15) is 4.75 Å². The van der Waals surface area contributed by atoms with Crippen molar-refractivity contribution < 1.29 is 22.5 Å². The van der Waals surface area contributed by atoms with Crippen LogP contribution in [0.4, 0.5) is 13.2 Å². The Kier molecular flexibility index (Phi) is 6.05. The second kappa shape index (κ2) is 7.01. The number of hydrogen-bond donors (Lipinski definition) is 1. The molecule has 0 bridgehead atoms. The maximum absolute atomic E-state index is 12.1. The molecule has 0 saturated carbocycles. The van der Waals surface area contributed by atoms with Gasteiger partial charge in [0.2, 0.25) is 5.88 Å². The maximum atomic E-state index is 12.1. The maximum Gasteiger partial charge on any atom is 0.422 e. The zero-order valence-electron chi connectivity index (χ0n) is 13.1. The van der Waals surface area contributed by atoms with E-state index < -0.39 is 28.9 Å². The van der Waals surface area contributed by atoms with Gasteiger partial charge in [-0.1, -0.05) is 0 Å². The molecule has 0 amide bonds. The van der Waals surface area contributed by atoms with Crippen molar-refractivity contribution in [2.45, 2.75) is 51.6 Å². The van der Waals surface area contributed by atoms with Gasteiger partial charge in [0, 0.05) is 11.4 Å². The highest BCUT2D eigenvalue weighted by Crippen LogP contribution is 2.22. The third-order valence-electron chi connectivity index (χ3n) is 2.58. The van der Waals surface area contributed by atoms with Gasteiger partial charge in [-0.3, -0.25) is 0 Å². The second-order valence-electron chi connectivity index (χ2n) is 5.81. The molecule has 1 N–H and O–H groups in total.